The SMILES string of the molecule is COCCc1ccc([N+](=O)[O-])cc1S(=O)(=O)Cl. The van der Waals surface area contributed by atoms with E-state index in [0.717, 1.165) is 6.07 Å². The van der Waals surface area contributed by atoms with Crippen molar-refractivity contribution in [2.24, 2.45) is 0 Å². The molecule has 0 heterocycles. The zero-order valence-corrected chi connectivity index (χ0v) is 10.5. The van der Waals surface area contributed by atoms with Crippen LogP contribution in [0.5, 0.6) is 0 Å². The summed E-state index contributed by atoms with van der Waals surface area (Å²) >= 11 is 0. The molecule has 0 N–H and O–H groups in total. The van der Waals surface area contributed by atoms with Gasteiger partial charge in [-0.25, -0.2) is 8.42 Å². The van der Waals surface area contributed by atoms with Gasteiger partial charge in [0.15, 0.2) is 0 Å². The molecule has 0 bridgehead atoms. The molecule has 0 radical (unpaired) electrons. The number of benzene rings is 1. The van der Waals surface area contributed by atoms with Gasteiger partial charge in [-0.3, -0.25) is 10.1 Å². The molecule has 17 heavy (non-hydrogen) atoms. The molecule has 0 saturated heterocycles. The number of halogens is 1. The van der Waals surface area contributed by atoms with Crippen LogP contribution < -0.4 is 0 Å². The lowest BCUT2D eigenvalue weighted by Crippen LogP contribution is -2.03. The van der Waals surface area contributed by atoms with Crippen LogP contribution in [0.4, 0.5) is 5.69 Å². The van der Waals surface area contributed by atoms with E-state index in [1.165, 1.54) is 19.2 Å². The maximum Gasteiger partial charge on any atom is 0.270 e. The summed E-state index contributed by atoms with van der Waals surface area (Å²) in [6.07, 6.45) is 0.315. The average Bonchev–Trinajstić information content (AvgIpc) is 2.24. The quantitative estimate of drug-likeness (QED) is 0.465. The van der Waals surface area contributed by atoms with E-state index >= 15 is 0 Å². The number of nitro benzene ring substituents is 1. The van der Waals surface area contributed by atoms with Gasteiger partial charge in [0, 0.05) is 29.9 Å². The van der Waals surface area contributed by atoms with Crippen LogP contribution in [0, 0.1) is 10.1 Å². The predicted molar refractivity (Wildman–Crippen MR) is 61.7 cm³/mol. The summed E-state index contributed by atoms with van der Waals surface area (Å²) in [6, 6.07) is 3.55. The molecule has 0 aliphatic heterocycles. The van der Waals surface area contributed by atoms with E-state index in [1.54, 1.807) is 0 Å². The number of hydrogen-bond acceptors (Lipinski definition) is 5. The zero-order valence-electron chi connectivity index (χ0n) is 8.92. The molecule has 0 aromatic heterocycles. The summed E-state index contributed by atoms with van der Waals surface area (Å²) < 4.78 is 27.4. The molecule has 1 rings (SSSR count). The Bertz CT molecular complexity index is 528. The summed E-state index contributed by atoms with van der Waals surface area (Å²) in [7, 11) is 2.69. The molecule has 0 aliphatic rings. The van der Waals surface area contributed by atoms with Crippen molar-refractivity contribution in [1.82, 2.24) is 0 Å². The minimum absolute atomic E-state index is 0.245. The van der Waals surface area contributed by atoms with E-state index < -0.39 is 14.0 Å². The first-order chi connectivity index (χ1) is 7.86. The summed E-state index contributed by atoms with van der Waals surface area (Å²) in [5.41, 5.74) is 0.0813. The second kappa shape index (κ2) is 5.44. The molecular weight excluding hydrogens is 270 g/mol. The van der Waals surface area contributed by atoms with Crippen LogP contribution in [-0.4, -0.2) is 27.1 Å². The second-order valence-corrected chi connectivity index (χ2v) is 5.76. The third-order valence-corrected chi connectivity index (χ3v) is 3.50. The van der Waals surface area contributed by atoms with Crippen molar-refractivity contribution in [1.29, 1.82) is 0 Å². The first-order valence-electron chi connectivity index (χ1n) is 4.57. The van der Waals surface area contributed by atoms with Crippen molar-refractivity contribution in [2.45, 2.75) is 11.3 Å². The van der Waals surface area contributed by atoms with Gasteiger partial charge in [-0.2, -0.15) is 0 Å². The highest BCUT2D eigenvalue weighted by atomic mass is 35.7. The molecule has 0 saturated carbocycles. The van der Waals surface area contributed by atoms with Gasteiger partial charge in [-0.1, -0.05) is 6.07 Å². The Labute approximate surface area is 103 Å². The van der Waals surface area contributed by atoms with Crippen molar-refractivity contribution in [3.8, 4) is 0 Å². The van der Waals surface area contributed by atoms with Crippen molar-refractivity contribution >= 4 is 25.4 Å². The van der Waals surface area contributed by atoms with Crippen molar-refractivity contribution in [3.63, 3.8) is 0 Å². The normalized spacial score (nSPS) is 11.4. The number of ether oxygens (including phenoxy) is 1. The number of rotatable bonds is 5. The largest absolute Gasteiger partial charge is 0.384 e. The summed E-state index contributed by atoms with van der Waals surface area (Å²) in [6.45, 7) is 0.303. The third-order valence-electron chi connectivity index (χ3n) is 2.10. The van der Waals surface area contributed by atoms with E-state index in [-0.39, 0.29) is 10.6 Å². The van der Waals surface area contributed by atoms with Crippen molar-refractivity contribution in [2.75, 3.05) is 13.7 Å². The first kappa shape index (κ1) is 13.9. The van der Waals surface area contributed by atoms with Crippen LogP contribution in [0.25, 0.3) is 0 Å². The Morgan fingerprint density at radius 2 is 2.12 bits per heavy atom. The Balaban J connectivity index is 3.27. The van der Waals surface area contributed by atoms with Crippen LogP contribution in [0.2, 0.25) is 0 Å². The maximum atomic E-state index is 11.3. The van der Waals surface area contributed by atoms with Crippen LogP contribution >= 0.6 is 10.7 Å². The number of non-ortho nitro benzene ring substituents is 1. The van der Waals surface area contributed by atoms with E-state index in [0.29, 0.717) is 18.6 Å². The molecule has 0 unspecified atom stereocenters. The fourth-order valence-electron chi connectivity index (χ4n) is 1.30. The van der Waals surface area contributed by atoms with E-state index in [1.807, 2.05) is 0 Å². The smallest absolute Gasteiger partial charge is 0.270 e. The number of nitro groups is 1. The molecule has 6 nitrogen and oxygen atoms in total. The van der Waals surface area contributed by atoms with Gasteiger partial charge < -0.3 is 4.74 Å². The average molecular weight is 280 g/mol. The Hall–Kier alpha value is -1.18. The fraction of sp³-hybridized carbons (Fsp3) is 0.333. The third kappa shape index (κ3) is 3.65. The lowest BCUT2D eigenvalue weighted by atomic mass is 10.1. The topological polar surface area (TPSA) is 86.5 Å². The zero-order chi connectivity index (χ0) is 13.1. The maximum absolute atomic E-state index is 11.3. The Morgan fingerprint density at radius 1 is 1.47 bits per heavy atom. The molecule has 1 aromatic rings. The van der Waals surface area contributed by atoms with Gasteiger partial charge in [0.25, 0.3) is 14.7 Å². The molecular formula is C9H10ClNO5S. The Morgan fingerprint density at radius 3 is 2.59 bits per heavy atom. The number of nitrogens with zero attached hydrogens (tertiary/aromatic N) is 1. The monoisotopic (exact) mass is 279 g/mol. The van der Waals surface area contributed by atoms with Crippen LogP contribution in [0.15, 0.2) is 23.1 Å². The fourth-order valence-corrected chi connectivity index (χ4v) is 2.48. The second-order valence-electron chi connectivity index (χ2n) is 3.23. The first-order valence-corrected chi connectivity index (χ1v) is 6.88. The summed E-state index contributed by atoms with van der Waals surface area (Å²) in [5.74, 6) is 0. The van der Waals surface area contributed by atoms with Crippen LogP contribution in [-0.2, 0) is 20.2 Å². The summed E-state index contributed by atoms with van der Waals surface area (Å²) in [4.78, 5) is 9.63. The van der Waals surface area contributed by atoms with Gasteiger partial charge in [0.2, 0.25) is 0 Å². The molecule has 0 amide bonds. The highest BCUT2D eigenvalue weighted by Crippen LogP contribution is 2.25. The van der Waals surface area contributed by atoms with Crippen LogP contribution in [0.3, 0.4) is 0 Å². The molecule has 8 heteroatoms. The van der Waals surface area contributed by atoms with E-state index in [9.17, 15) is 18.5 Å². The Kier molecular flexibility index (Phi) is 4.44. The van der Waals surface area contributed by atoms with E-state index in [4.69, 9.17) is 15.4 Å². The lowest BCUT2D eigenvalue weighted by Gasteiger charge is -2.05. The number of hydrogen-bond donors (Lipinski definition) is 0. The molecule has 0 atom stereocenters. The highest BCUT2D eigenvalue weighted by Gasteiger charge is 2.19. The molecule has 0 fully saturated rings. The number of methoxy groups -OCH3 is 1. The molecule has 0 spiro atoms. The molecule has 0 aliphatic carbocycles. The van der Waals surface area contributed by atoms with Gasteiger partial charge in [-0.05, 0) is 12.0 Å². The standard InChI is InChI=1S/C9H10ClNO5S/c1-16-5-4-7-2-3-8(11(12)13)6-9(7)17(10,14)15/h2-3,6H,4-5H2,1H3. The summed E-state index contributed by atoms with van der Waals surface area (Å²) in [5, 5.41) is 10.5. The minimum atomic E-state index is -4.01. The van der Waals surface area contributed by atoms with Gasteiger partial charge in [0.05, 0.1) is 16.4 Å². The van der Waals surface area contributed by atoms with Crippen molar-refractivity contribution < 1.29 is 18.1 Å². The van der Waals surface area contributed by atoms with Crippen molar-refractivity contribution in [3.05, 3.63) is 33.9 Å². The predicted octanol–water partition coefficient (Wildman–Crippen LogP) is 1.71. The van der Waals surface area contributed by atoms with E-state index in [2.05, 4.69) is 0 Å². The minimum Gasteiger partial charge on any atom is -0.384 e. The highest BCUT2D eigenvalue weighted by molar-refractivity contribution is 8.13. The molecule has 94 valence electrons. The van der Waals surface area contributed by atoms with Gasteiger partial charge >= 0.3 is 0 Å². The molecule has 1 aromatic carbocycles. The van der Waals surface area contributed by atoms with Gasteiger partial charge in [0.1, 0.15) is 0 Å². The van der Waals surface area contributed by atoms with Crippen LogP contribution in [0.1, 0.15) is 5.56 Å². The van der Waals surface area contributed by atoms with Gasteiger partial charge in [-0.15, -0.1) is 0 Å². The lowest BCUT2D eigenvalue weighted by molar-refractivity contribution is -0.385.